The maximum Gasteiger partial charge on any atom is 0.0541 e. The van der Waals surface area contributed by atoms with Crippen LogP contribution in [0.5, 0.6) is 0 Å². The van der Waals surface area contributed by atoms with Gasteiger partial charge in [0.1, 0.15) is 0 Å². The first kappa shape index (κ1) is 29.5. The lowest BCUT2D eigenvalue weighted by atomic mass is 10.0. The van der Waals surface area contributed by atoms with E-state index in [1.165, 1.54) is 64.2 Å². The summed E-state index contributed by atoms with van der Waals surface area (Å²) in [6.07, 6.45) is 0. The molecule has 8 aromatic carbocycles. The van der Waals surface area contributed by atoms with Gasteiger partial charge in [0.15, 0.2) is 0 Å². The molecule has 2 aromatic heterocycles. The molecule has 0 saturated heterocycles. The topological polar surface area (TPSA) is 8.17 Å². The fraction of sp³-hybridized carbons (Fsp3) is 0. The fourth-order valence-corrected chi connectivity index (χ4v) is 8.65. The molecule has 0 aliphatic rings. The van der Waals surface area contributed by atoms with Crippen LogP contribution in [0.2, 0.25) is 0 Å². The van der Waals surface area contributed by atoms with Crippen molar-refractivity contribution in [3.8, 4) is 27.9 Å². The summed E-state index contributed by atoms with van der Waals surface area (Å²) in [5, 5.41) is 5.19. The highest BCUT2D eigenvalue weighted by molar-refractivity contribution is 7.25. The Hall–Kier alpha value is -6.42. The minimum Gasteiger partial charge on any atom is -0.311 e. The van der Waals surface area contributed by atoms with E-state index in [-0.39, 0.29) is 0 Å². The second-order valence-electron chi connectivity index (χ2n) is 13.0. The summed E-state index contributed by atoms with van der Waals surface area (Å²) in [6, 6.07) is 70.3. The Morgan fingerprint density at radius 2 is 0.843 bits per heavy atom. The van der Waals surface area contributed by atoms with Crippen molar-refractivity contribution in [3.63, 3.8) is 0 Å². The molecule has 3 heteroatoms. The molecule has 0 fully saturated rings. The third-order valence-electron chi connectivity index (χ3n) is 9.99. The lowest BCUT2D eigenvalue weighted by Gasteiger charge is -2.26. The number of anilines is 3. The van der Waals surface area contributed by atoms with E-state index in [9.17, 15) is 0 Å². The predicted octanol–water partition coefficient (Wildman–Crippen LogP) is 14.0. The van der Waals surface area contributed by atoms with Crippen LogP contribution in [0.4, 0.5) is 17.1 Å². The molecule has 0 atom stereocenters. The van der Waals surface area contributed by atoms with Gasteiger partial charge >= 0.3 is 0 Å². The molecule has 2 nitrogen and oxygen atoms in total. The molecule has 0 bridgehead atoms. The number of rotatable bonds is 6. The number of nitrogens with zero attached hydrogens (tertiary/aromatic N) is 2. The van der Waals surface area contributed by atoms with E-state index in [4.69, 9.17) is 0 Å². The van der Waals surface area contributed by atoms with Crippen molar-refractivity contribution in [2.45, 2.75) is 0 Å². The second kappa shape index (κ2) is 12.2. The highest BCUT2D eigenvalue weighted by atomic mass is 32.1. The maximum absolute atomic E-state index is 2.38. The van der Waals surface area contributed by atoms with Crippen LogP contribution in [0, 0.1) is 0 Å². The van der Waals surface area contributed by atoms with Gasteiger partial charge in [-0.25, -0.2) is 0 Å². The number of para-hydroxylation sites is 3. The minimum atomic E-state index is 1.11. The van der Waals surface area contributed by atoms with Crippen LogP contribution < -0.4 is 4.90 Å². The summed E-state index contributed by atoms with van der Waals surface area (Å²) in [7, 11) is 0. The molecule has 10 rings (SSSR count). The van der Waals surface area contributed by atoms with Gasteiger partial charge in [-0.1, -0.05) is 115 Å². The molecule has 10 aromatic rings. The van der Waals surface area contributed by atoms with Crippen molar-refractivity contribution in [2.75, 3.05) is 4.90 Å². The predicted molar refractivity (Wildman–Crippen MR) is 219 cm³/mol. The van der Waals surface area contributed by atoms with Gasteiger partial charge in [-0.2, -0.15) is 0 Å². The first-order chi connectivity index (χ1) is 25.3. The molecule has 0 aliphatic carbocycles. The molecular formula is C48H32N2S. The van der Waals surface area contributed by atoms with Crippen LogP contribution in [0.1, 0.15) is 0 Å². The average Bonchev–Trinajstić information content (AvgIpc) is 3.75. The van der Waals surface area contributed by atoms with Crippen LogP contribution in [0.25, 0.3) is 69.9 Å². The highest BCUT2D eigenvalue weighted by Gasteiger charge is 2.15. The van der Waals surface area contributed by atoms with Crippen molar-refractivity contribution in [1.82, 2.24) is 4.57 Å². The Kier molecular flexibility index (Phi) is 7.04. The molecule has 0 N–H and O–H groups in total. The summed E-state index contributed by atoms with van der Waals surface area (Å²) >= 11 is 1.86. The van der Waals surface area contributed by atoms with E-state index in [1.807, 2.05) is 11.3 Å². The first-order valence-electron chi connectivity index (χ1n) is 17.3. The van der Waals surface area contributed by atoms with Crippen LogP contribution >= 0.6 is 11.3 Å². The number of thiophene rings is 1. The van der Waals surface area contributed by atoms with Crippen LogP contribution in [0.15, 0.2) is 194 Å². The van der Waals surface area contributed by atoms with Crippen LogP contribution in [-0.4, -0.2) is 4.57 Å². The van der Waals surface area contributed by atoms with Gasteiger partial charge in [0.05, 0.1) is 11.0 Å². The maximum atomic E-state index is 2.38. The summed E-state index contributed by atoms with van der Waals surface area (Å²) in [5.74, 6) is 0. The Labute approximate surface area is 300 Å². The van der Waals surface area contributed by atoms with Gasteiger partial charge in [0.25, 0.3) is 0 Å². The van der Waals surface area contributed by atoms with E-state index in [1.54, 1.807) is 0 Å². The Bertz CT molecular complexity index is 2790. The fourth-order valence-electron chi connectivity index (χ4n) is 7.56. The summed E-state index contributed by atoms with van der Waals surface area (Å²) in [6.45, 7) is 0. The van der Waals surface area contributed by atoms with Crippen molar-refractivity contribution < 1.29 is 0 Å². The molecule has 0 saturated carbocycles. The average molecular weight is 669 g/mol. The zero-order valence-corrected chi connectivity index (χ0v) is 28.6. The van der Waals surface area contributed by atoms with E-state index in [0.717, 1.165) is 22.7 Å². The number of fused-ring (bicyclic) bond motifs is 6. The summed E-state index contributed by atoms with van der Waals surface area (Å²) in [5.41, 5.74) is 11.8. The zero-order chi connectivity index (χ0) is 33.7. The lowest BCUT2D eigenvalue weighted by molar-refractivity contribution is 1.18. The molecule has 2 heterocycles. The number of hydrogen-bond acceptors (Lipinski definition) is 2. The van der Waals surface area contributed by atoms with E-state index in [0.29, 0.717) is 0 Å². The molecule has 0 radical (unpaired) electrons. The second-order valence-corrected chi connectivity index (χ2v) is 14.1. The monoisotopic (exact) mass is 668 g/mol. The molecular weight excluding hydrogens is 637 g/mol. The third kappa shape index (κ3) is 5.10. The molecule has 0 aliphatic heterocycles. The SMILES string of the molecule is c1ccc(N(c2ccc(-c3cccc(-n4c5ccccc5c5ccccc54)c3)cc2)c2ccc(-c3ccc4sc5ccccc5c4c3)cc2)cc1. The molecule has 240 valence electrons. The normalized spacial score (nSPS) is 11.5. The van der Waals surface area contributed by atoms with Crippen LogP contribution in [-0.2, 0) is 0 Å². The van der Waals surface area contributed by atoms with Gasteiger partial charge in [0, 0.05) is 53.7 Å². The Morgan fingerprint density at radius 3 is 1.51 bits per heavy atom. The van der Waals surface area contributed by atoms with E-state index in [2.05, 4.69) is 204 Å². The van der Waals surface area contributed by atoms with Gasteiger partial charge in [0.2, 0.25) is 0 Å². The standard InChI is InChI=1S/C48H32N2S/c1-2-12-37(13-3-1)49(39-28-23-34(24-29-39)36-25-30-48-44(32-36)43-17-6-9-20-47(43)51-48)38-26-21-33(22-27-38)35-11-10-14-40(31-35)50-45-18-7-4-15-41(45)42-16-5-8-19-46(42)50/h1-32H. The smallest absolute Gasteiger partial charge is 0.0541 e. The highest BCUT2D eigenvalue weighted by Crippen LogP contribution is 2.39. The van der Waals surface area contributed by atoms with Crippen molar-refractivity contribution >= 4 is 70.4 Å². The largest absolute Gasteiger partial charge is 0.311 e. The Balaban J connectivity index is 0.997. The van der Waals surface area contributed by atoms with E-state index >= 15 is 0 Å². The van der Waals surface area contributed by atoms with Gasteiger partial charge in [-0.15, -0.1) is 11.3 Å². The van der Waals surface area contributed by atoms with Crippen molar-refractivity contribution in [2.24, 2.45) is 0 Å². The van der Waals surface area contributed by atoms with Crippen molar-refractivity contribution in [1.29, 1.82) is 0 Å². The van der Waals surface area contributed by atoms with Crippen LogP contribution in [0.3, 0.4) is 0 Å². The van der Waals surface area contributed by atoms with Gasteiger partial charge < -0.3 is 9.47 Å². The number of hydrogen-bond donors (Lipinski definition) is 0. The lowest BCUT2D eigenvalue weighted by Crippen LogP contribution is -2.09. The third-order valence-corrected chi connectivity index (χ3v) is 11.1. The van der Waals surface area contributed by atoms with Gasteiger partial charge in [-0.05, 0) is 101 Å². The molecule has 0 spiro atoms. The molecule has 0 amide bonds. The summed E-state index contributed by atoms with van der Waals surface area (Å²) in [4.78, 5) is 2.33. The Morgan fingerprint density at radius 1 is 0.333 bits per heavy atom. The molecule has 0 unspecified atom stereocenters. The summed E-state index contributed by atoms with van der Waals surface area (Å²) < 4.78 is 5.04. The van der Waals surface area contributed by atoms with E-state index < -0.39 is 0 Å². The zero-order valence-electron chi connectivity index (χ0n) is 27.8. The first-order valence-corrected chi connectivity index (χ1v) is 18.2. The minimum absolute atomic E-state index is 1.11. The number of aromatic nitrogens is 1. The van der Waals surface area contributed by atoms with Gasteiger partial charge in [-0.3, -0.25) is 0 Å². The number of benzene rings is 8. The van der Waals surface area contributed by atoms with Crippen molar-refractivity contribution in [3.05, 3.63) is 194 Å². The molecule has 51 heavy (non-hydrogen) atoms. The quantitative estimate of drug-likeness (QED) is 0.171.